The predicted molar refractivity (Wildman–Crippen MR) is 165 cm³/mol. The molecule has 5 rings (SSSR count). The average Bonchev–Trinajstić information content (AvgIpc) is 3.31. The van der Waals surface area contributed by atoms with Crippen molar-refractivity contribution < 1.29 is 54.5 Å². The summed E-state index contributed by atoms with van der Waals surface area (Å²) >= 11 is 0. The van der Waals surface area contributed by atoms with Gasteiger partial charge in [0.1, 0.15) is 24.3 Å². The van der Waals surface area contributed by atoms with Gasteiger partial charge in [0.25, 0.3) is 0 Å². The summed E-state index contributed by atoms with van der Waals surface area (Å²) in [6.07, 6.45) is -10.7. The molecule has 0 unspecified atom stereocenters. The Kier molecular flexibility index (Phi) is 9.77. The largest absolute Gasteiger partial charge is 0.497 e. The van der Waals surface area contributed by atoms with E-state index < -0.39 is 59.1 Å². The molecular weight excluding hydrogens is 659 g/mol. The van der Waals surface area contributed by atoms with Gasteiger partial charge in [0.05, 0.1) is 29.8 Å². The zero-order chi connectivity index (χ0) is 35.9. The normalized spacial score (nSPS) is 19.6. The van der Waals surface area contributed by atoms with Gasteiger partial charge in [-0.05, 0) is 96.3 Å². The number of ether oxygens (including phenoxy) is 3. The van der Waals surface area contributed by atoms with Crippen LogP contribution in [0.3, 0.4) is 0 Å². The number of alkyl halides is 6. The molecule has 0 saturated carbocycles. The van der Waals surface area contributed by atoms with Crippen LogP contribution in [0.5, 0.6) is 5.75 Å². The van der Waals surface area contributed by atoms with Crippen molar-refractivity contribution in [2.45, 2.75) is 64.5 Å². The minimum Gasteiger partial charge on any atom is -0.497 e. The average molecular weight is 694 g/mol. The second-order valence-electron chi connectivity index (χ2n) is 13.1. The lowest BCUT2D eigenvalue weighted by molar-refractivity contribution is -0.143. The third-order valence-electron chi connectivity index (χ3n) is 8.95. The molecule has 3 aromatic rings. The van der Waals surface area contributed by atoms with E-state index in [1.165, 1.54) is 31.1 Å². The molecule has 6 nitrogen and oxygen atoms in total. The van der Waals surface area contributed by atoms with Gasteiger partial charge >= 0.3 is 24.4 Å². The summed E-state index contributed by atoms with van der Waals surface area (Å²) in [5, 5.41) is 0. The summed E-state index contributed by atoms with van der Waals surface area (Å²) in [6, 6.07) is 11.0. The second-order valence-corrected chi connectivity index (χ2v) is 13.1. The molecule has 49 heavy (non-hydrogen) atoms. The van der Waals surface area contributed by atoms with Crippen LogP contribution in [-0.2, 0) is 21.8 Å². The monoisotopic (exact) mass is 693 g/mol. The molecule has 1 aliphatic heterocycles. The maximum atomic E-state index is 15.1. The highest BCUT2D eigenvalue weighted by Gasteiger charge is 2.44. The van der Waals surface area contributed by atoms with Gasteiger partial charge < -0.3 is 14.2 Å². The highest BCUT2D eigenvalue weighted by Crippen LogP contribution is 2.43. The zero-order valence-electron chi connectivity index (χ0n) is 27.1. The van der Waals surface area contributed by atoms with Crippen molar-refractivity contribution in [1.82, 2.24) is 4.90 Å². The van der Waals surface area contributed by atoms with Gasteiger partial charge in [0, 0.05) is 12.1 Å². The van der Waals surface area contributed by atoms with E-state index in [0.717, 1.165) is 18.1 Å². The summed E-state index contributed by atoms with van der Waals surface area (Å²) < 4.78 is 112. The molecule has 1 saturated heterocycles. The molecule has 1 aliphatic carbocycles. The maximum absolute atomic E-state index is 15.1. The molecule has 13 heteroatoms. The first-order valence-corrected chi connectivity index (χ1v) is 15.4. The van der Waals surface area contributed by atoms with Crippen LogP contribution in [0.1, 0.15) is 73.2 Å². The lowest BCUT2D eigenvalue weighted by Crippen LogP contribution is -2.36. The minimum absolute atomic E-state index is 0.0127. The van der Waals surface area contributed by atoms with Crippen LogP contribution in [0, 0.1) is 11.2 Å². The SMILES string of the molecule is COc1cccc(-c2ccc(C(=O)OCC3=C(CN4C(=O)O[C@H](c5cc(C(F)(F)F)cc(C(F)(F)F)c5)[C@@H]4C)CC(C)(C)CC3)cc2F)c1. The van der Waals surface area contributed by atoms with Crippen LogP contribution >= 0.6 is 0 Å². The van der Waals surface area contributed by atoms with E-state index in [1.807, 2.05) is 13.8 Å². The molecule has 0 spiro atoms. The number of cyclic esters (lactones) is 1. The number of amides is 1. The quantitative estimate of drug-likeness (QED) is 0.134. The molecule has 1 heterocycles. The topological polar surface area (TPSA) is 65.1 Å². The zero-order valence-corrected chi connectivity index (χ0v) is 27.1. The number of hydrogen-bond donors (Lipinski definition) is 0. The van der Waals surface area contributed by atoms with E-state index in [1.54, 1.807) is 24.3 Å². The Morgan fingerprint density at radius 1 is 0.959 bits per heavy atom. The van der Waals surface area contributed by atoms with E-state index in [2.05, 4.69) is 0 Å². The number of carbonyl (C=O) groups excluding carboxylic acids is 2. The Balaban J connectivity index is 1.35. The predicted octanol–water partition coefficient (Wildman–Crippen LogP) is 9.78. The maximum Gasteiger partial charge on any atom is 0.416 e. The van der Waals surface area contributed by atoms with Crippen molar-refractivity contribution in [2.24, 2.45) is 5.41 Å². The van der Waals surface area contributed by atoms with Crippen molar-refractivity contribution in [1.29, 1.82) is 0 Å². The van der Waals surface area contributed by atoms with Crippen LogP contribution in [0.15, 0.2) is 71.8 Å². The fourth-order valence-corrected chi connectivity index (χ4v) is 6.21. The first-order chi connectivity index (χ1) is 22.9. The molecular formula is C36H34F7NO5. The Bertz CT molecular complexity index is 1750. The number of benzene rings is 3. The second kappa shape index (κ2) is 13.4. The Morgan fingerprint density at radius 3 is 2.24 bits per heavy atom. The Morgan fingerprint density at radius 2 is 1.63 bits per heavy atom. The highest BCUT2D eigenvalue weighted by molar-refractivity contribution is 5.90. The molecule has 1 amide bonds. The van der Waals surface area contributed by atoms with Crippen LogP contribution in [0.25, 0.3) is 11.1 Å². The van der Waals surface area contributed by atoms with E-state index in [9.17, 15) is 35.9 Å². The number of carbonyl (C=O) groups is 2. The number of hydrogen-bond acceptors (Lipinski definition) is 5. The summed E-state index contributed by atoms with van der Waals surface area (Å²) in [7, 11) is 1.49. The van der Waals surface area contributed by atoms with E-state index in [0.29, 0.717) is 41.9 Å². The van der Waals surface area contributed by atoms with Gasteiger partial charge in [0.2, 0.25) is 0 Å². The third kappa shape index (κ3) is 8.02. The first kappa shape index (κ1) is 35.7. The first-order valence-electron chi connectivity index (χ1n) is 15.4. The van der Waals surface area contributed by atoms with Gasteiger partial charge in [0.15, 0.2) is 0 Å². The van der Waals surface area contributed by atoms with E-state index in [-0.39, 0.29) is 35.8 Å². The molecule has 2 atom stereocenters. The molecule has 2 aliphatic rings. The van der Waals surface area contributed by atoms with Gasteiger partial charge in [-0.2, -0.15) is 26.3 Å². The molecule has 3 aromatic carbocycles. The number of methoxy groups -OCH3 is 1. The van der Waals surface area contributed by atoms with Crippen molar-refractivity contribution >= 4 is 12.1 Å². The van der Waals surface area contributed by atoms with Crippen LogP contribution in [-0.4, -0.2) is 43.3 Å². The number of esters is 1. The number of halogens is 7. The lowest BCUT2D eigenvalue weighted by Gasteiger charge is -2.35. The lowest BCUT2D eigenvalue weighted by atomic mass is 9.74. The van der Waals surface area contributed by atoms with Gasteiger partial charge in [-0.25, -0.2) is 14.0 Å². The Hall–Kier alpha value is -4.55. The summed E-state index contributed by atoms with van der Waals surface area (Å²) in [5.41, 5.74) is -1.40. The Labute approximate surface area is 278 Å². The summed E-state index contributed by atoms with van der Waals surface area (Å²) in [6.45, 7) is 5.31. The number of rotatable bonds is 8. The minimum atomic E-state index is -5.06. The van der Waals surface area contributed by atoms with E-state index >= 15 is 4.39 Å². The molecule has 0 aromatic heterocycles. The third-order valence-corrected chi connectivity index (χ3v) is 8.95. The van der Waals surface area contributed by atoms with Gasteiger partial charge in [-0.15, -0.1) is 0 Å². The van der Waals surface area contributed by atoms with Crippen molar-refractivity contribution in [3.8, 4) is 16.9 Å². The van der Waals surface area contributed by atoms with Crippen molar-refractivity contribution in [3.05, 3.63) is 99.9 Å². The summed E-state index contributed by atoms with van der Waals surface area (Å²) in [5.74, 6) is -0.869. The molecule has 0 radical (unpaired) electrons. The highest BCUT2D eigenvalue weighted by atomic mass is 19.4. The molecule has 262 valence electrons. The standard InChI is InChI=1S/C36H34F7NO5/c1-20-31(24-12-26(35(38,39)40)16-27(13-24)36(41,42)43)49-33(46)44(20)18-25-17-34(2,3)11-10-23(25)19-48-32(45)22-8-9-29(30(37)15-22)21-6-5-7-28(14-21)47-4/h5-9,12-16,20,31H,10-11,17-19H2,1-4H3/t20-,31-/m0/s1. The molecule has 0 N–H and O–H groups in total. The molecule has 1 fully saturated rings. The fourth-order valence-electron chi connectivity index (χ4n) is 6.21. The smallest absolute Gasteiger partial charge is 0.416 e. The molecule has 0 bridgehead atoms. The van der Waals surface area contributed by atoms with Crippen molar-refractivity contribution in [3.63, 3.8) is 0 Å². The van der Waals surface area contributed by atoms with Crippen molar-refractivity contribution in [2.75, 3.05) is 20.3 Å². The van der Waals surface area contributed by atoms with Crippen LogP contribution in [0.4, 0.5) is 35.5 Å². The van der Waals surface area contributed by atoms with Crippen LogP contribution < -0.4 is 4.74 Å². The van der Waals surface area contributed by atoms with Gasteiger partial charge in [-0.1, -0.05) is 32.0 Å². The van der Waals surface area contributed by atoms with E-state index in [4.69, 9.17) is 14.2 Å². The van der Waals surface area contributed by atoms with Gasteiger partial charge in [-0.3, -0.25) is 4.90 Å². The fraction of sp³-hybridized carbons (Fsp3) is 0.389. The van der Waals surface area contributed by atoms with Crippen LogP contribution in [0.2, 0.25) is 0 Å². The number of nitrogens with zero attached hydrogens (tertiary/aromatic N) is 1. The summed E-state index contributed by atoms with van der Waals surface area (Å²) in [4.78, 5) is 27.3.